The molecule has 68 valence electrons. The Balaban J connectivity index is 2.04. The molecule has 0 fully saturated rings. The van der Waals surface area contributed by atoms with E-state index in [1.54, 1.807) is 6.33 Å². The molecule has 0 bridgehead atoms. The Morgan fingerprint density at radius 2 is 2.42 bits per heavy atom. The molecule has 0 saturated carbocycles. The number of likely N-dealkylation sites (N-methyl/N-ethyl adjacent to an activating group) is 1. The highest BCUT2D eigenvalue weighted by Gasteiger charge is 1.92. The van der Waals surface area contributed by atoms with Gasteiger partial charge in [0, 0.05) is 31.5 Å². The Bertz CT molecular complexity index is 193. The van der Waals surface area contributed by atoms with Gasteiger partial charge in [-0.25, -0.2) is 4.98 Å². The second-order valence-electron chi connectivity index (χ2n) is 3.06. The predicted octanol–water partition coefficient (Wildman–Crippen LogP) is 0.0609. The summed E-state index contributed by atoms with van der Waals surface area (Å²) in [4.78, 5) is 9.12. The molecule has 12 heavy (non-hydrogen) atoms. The molecule has 1 aromatic rings. The molecule has 0 aromatic carbocycles. The Hall–Kier alpha value is -0.870. The van der Waals surface area contributed by atoms with Crippen LogP contribution in [-0.4, -0.2) is 42.1 Å². The minimum absolute atomic E-state index is 0.869. The summed E-state index contributed by atoms with van der Waals surface area (Å²) in [5.41, 5.74) is 1.13. The maximum absolute atomic E-state index is 3.93. The summed E-state index contributed by atoms with van der Waals surface area (Å²) in [7, 11) is 4.13. The highest BCUT2D eigenvalue weighted by atomic mass is 15.1. The Labute approximate surface area is 73.0 Å². The van der Waals surface area contributed by atoms with Crippen LogP contribution in [0.25, 0.3) is 0 Å². The van der Waals surface area contributed by atoms with Crippen LogP contribution >= 0.6 is 0 Å². The third-order valence-corrected chi connectivity index (χ3v) is 1.61. The number of imidazole rings is 1. The first-order chi connectivity index (χ1) is 5.79. The van der Waals surface area contributed by atoms with Crippen LogP contribution in [0.2, 0.25) is 0 Å². The van der Waals surface area contributed by atoms with Crippen LogP contribution in [-0.2, 0) is 6.54 Å². The summed E-state index contributed by atoms with van der Waals surface area (Å²) < 4.78 is 0. The van der Waals surface area contributed by atoms with Gasteiger partial charge in [-0.2, -0.15) is 0 Å². The normalized spacial score (nSPS) is 10.9. The quantitative estimate of drug-likeness (QED) is 0.611. The molecule has 2 N–H and O–H groups in total. The predicted molar refractivity (Wildman–Crippen MR) is 48.8 cm³/mol. The summed E-state index contributed by atoms with van der Waals surface area (Å²) in [6.45, 7) is 2.94. The van der Waals surface area contributed by atoms with E-state index in [1.807, 2.05) is 6.20 Å². The van der Waals surface area contributed by atoms with Crippen LogP contribution in [0.3, 0.4) is 0 Å². The maximum atomic E-state index is 3.93. The van der Waals surface area contributed by atoms with Crippen molar-refractivity contribution in [1.82, 2.24) is 20.2 Å². The summed E-state index contributed by atoms with van der Waals surface area (Å²) in [5, 5.41) is 3.31. The third-order valence-electron chi connectivity index (χ3n) is 1.61. The average Bonchev–Trinajstić information content (AvgIpc) is 2.49. The lowest BCUT2D eigenvalue weighted by Crippen LogP contribution is -2.26. The fourth-order valence-electron chi connectivity index (χ4n) is 0.907. The van der Waals surface area contributed by atoms with Gasteiger partial charge in [0.25, 0.3) is 0 Å². The molecular formula is C8H16N4. The van der Waals surface area contributed by atoms with E-state index >= 15 is 0 Å². The van der Waals surface area contributed by atoms with Crippen molar-refractivity contribution >= 4 is 0 Å². The van der Waals surface area contributed by atoms with Crippen molar-refractivity contribution in [3.8, 4) is 0 Å². The van der Waals surface area contributed by atoms with Gasteiger partial charge in [0.05, 0.1) is 6.33 Å². The van der Waals surface area contributed by atoms with Crippen LogP contribution in [0, 0.1) is 0 Å². The summed E-state index contributed by atoms with van der Waals surface area (Å²) in [6, 6.07) is 0. The molecule has 0 aliphatic heterocycles. The number of nitrogens with one attached hydrogen (secondary N) is 2. The van der Waals surface area contributed by atoms with Crippen molar-refractivity contribution < 1.29 is 0 Å². The first-order valence-electron chi connectivity index (χ1n) is 4.12. The second-order valence-corrected chi connectivity index (χ2v) is 3.06. The molecule has 4 nitrogen and oxygen atoms in total. The van der Waals surface area contributed by atoms with Gasteiger partial charge in [-0.3, -0.25) is 0 Å². The average molecular weight is 168 g/mol. The van der Waals surface area contributed by atoms with Crippen molar-refractivity contribution in [2.75, 3.05) is 27.2 Å². The molecule has 1 aromatic heterocycles. The number of nitrogens with zero attached hydrogens (tertiary/aromatic N) is 2. The fraction of sp³-hybridized carbons (Fsp3) is 0.625. The first kappa shape index (κ1) is 9.22. The minimum atomic E-state index is 0.869. The zero-order valence-electron chi connectivity index (χ0n) is 7.67. The number of H-pyrrole nitrogens is 1. The van der Waals surface area contributed by atoms with Crippen LogP contribution in [0.15, 0.2) is 12.5 Å². The molecule has 0 saturated heterocycles. The molecule has 1 rings (SSSR count). The van der Waals surface area contributed by atoms with E-state index in [0.717, 1.165) is 25.3 Å². The van der Waals surface area contributed by atoms with Crippen LogP contribution in [0.5, 0.6) is 0 Å². The molecule has 0 aliphatic carbocycles. The van der Waals surface area contributed by atoms with Crippen LogP contribution < -0.4 is 5.32 Å². The Morgan fingerprint density at radius 1 is 1.58 bits per heavy atom. The zero-order chi connectivity index (χ0) is 8.81. The van der Waals surface area contributed by atoms with Gasteiger partial charge in [0.1, 0.15) is 0 Å². The molecule has 0 unspecified atom stereocenters. The Morgan fingerprint density at radius 3 is 3.00 bits per heavy atom. The smallest absolute Gasteiger partial charge is 0.0922 e. The largest absolute Gasteiger partial charge is 0.347 e. The van der Waals surface area contributed by atoms with Gasteiger partial charge < -0.3 is 15.2 Å². The summed E-state index contributed by atoms with van der Waals surface area (Å²) in [5.74, 6) is 0. The molecule has 0 radical (unpaired) electrons. The van der Waals surface area contributed by atoms with Crippen LogP contribution in [0.1, 0.15) is 5.69 Å². The number of hydrogen-bond acceptors (Lipinski definition) is 3. The summed E-state index contributed by atoms with van der Waals surface area (Å²) >= 11 is 0. The van der Waals surface area contributed by atoms with E-state index in [2.05, 4.69) is 34.3 Å². The van der Waals surface area contributed by atoms with Gasteiger partial charge in [-0.05, 0) is 14.1 Å². The molecule has 0 aliphatic rings. The van der Waals surface area contributed by atoms with Crippen LogP contribution in [0.4, 0.5) is 0 Å². The van der Waals surface area contributed by atoms with E-state index in [0.29, 0.717) is 0 Å². The highest BCUT2D eigenvalue weighted by molar-refractivity contribution is 4.92. The molecule has 0 amide bonds. The topological polar surface area (TPSA) is 44.0 Å². The SMILES string of the molecule is CN(C)CCNCc1cnc[nH]1. The monoisotopic (exact) mass is 168 g/mol. The van der Waals surface area contributed by atoms with Crippen molar-refractivity contribution in [2.24, 2.45) is 0 Å². The number of hydrogen-bond donors (Lipinski definition) is 2. The van der Waals surface area contributed by atoms with Gasteiger partial charge in [-0.1, -0.05) is 0 Å². The van der Waals surface area contributed by atoms with Crippen molar-refractivity contribution in [3.63, 3.8) is 0 Å². The molecule has 0 spiro atoms. The van der Waals surface area contributed by atoms with Crippen molar-refractivity contribution in [3.05, 3.63) is 18.2 Å². The highest BCUT2D eigenvalue weighted by Crippen LogP contribution is 1.88. The number of aromatic amines is 1. The van der Waals surface area contributed by atoms with E-state index in [4.69, 9.17) is 0 Å². The van der Waals surface area contributed by atoms with E-state index < -0.39 is 0 Å². The van der Waals surface area contributed by atoms with E-state index in [9.17, 15) is 0 Å². The van der Waals surface area contributed by atoms with E-state index in [-0.39, 0.29) is 0 Å². The molecular weight excluding hydrogens is 152 g/mol. The Kier molecular flexibility index (Phi) is 3.76. The summed E-state index contributed by atoms with van der Waals surface area (Å²) in [6.07, 6.45) is 3.53. The van der Waals surface area contributed by atoms with Gasteiger partial charge in [0.2, 0.25) is 0 Å². The van der Waals surface area contributed by atoms with Crippen molar-refractivity contribution in [2.45, 2.75) is 6.54 Å². The second kappa shape index (κ2) is 4.90. The molecule has 0 atom stereocenters. The van der Waals surface area contributed by atoms with Crippen molar-refractivity contribution in [1.29, 1.82) is 0 Å². The zero-order valence-corrected chi connectivity index (χ0v) is 7.67. The fourth-order valence-corrected chi connectivity index (χ4v) is 0.907. The standard InChI is InChI=1S/C8H16N4/c1-12(2)4-3-9-5-8-6-10-7-11-8/h6-7,9H,3-5H2,1-2H3,(H,10,11). The van der Waals surface area contributed by atoms with Gasteiger partial charge in [-0.15, -0.1) is 0 Å². The lowest BCUT2D eigenvalue weighted by molar-refractivity contribution is 0.399. The van der Waals surface area contributed by atoms with E-state index in [1.165, 1.54) is 0 Å². The lowest BCUT2D eigenvalue weighted by atomic mass is 10.4. The molecule has 1 heterocycles. The minimum Gasteiger partial charge on any atom is -0.347 e. The third kappa shape index (κ3) is 3.50. The number of aromatic nitrogens is 2. The number of rotatable bonds is 5. The first-order valence-corrected chi connectivity index (χ1v) is 4.12. The van der Waals surface area contributed by atoms with Gasteiger partial charge >= 0.3 is 0 Å². The lowest BCUT2D eigenvalue weighted by Gasteiger charge is -2.09. The molecule has 4 heteroatoms. The van der Waals surface area contributed by atoms with Gasteiger partial charge in [0.15, 0.2) is 0 Å². The maximum Gasteiger partial charge on any atom is 0.0922 e.